The lowest BCUT2D eigenvalue weighted by atomic mass is 9.85. The maximum absolute atomic E-state index is 12.6. The lowest BCUT2D eigenvalue weighted by Gasteiger charge is -2.28. The number of carbonyl (C=O) groups excluding carboxylic acids is 2. The first-order chi connectivity index (χ1) is 11.6. The van der Waals surface area contributed by atoms with Crippen LogP contribution in [0.25, 0.3) is 0 Å². The van der Waals surface area contributed by atoms with Crippen LogP contribution in [-0.4, -0.2) is 38.2 Å². The molecule has 3 N–H and O–H groups in total. The Kier molecular flexibility index (Phi) is 4.78. The molecule has 1 aromatic rings. The summed E-state index contributed by atoms with van der Waals surface area (Å²) in [5.41, 5.74) is 5.83. The molecule has 2 aliphatic rings. The number of ether oxygens (including phenoxy) is 3. The van der Waals surface area contributed by atoms with E-state index in [2.05, 4.69) is 5.32 Å². The first kappa shape index (κ1) is 16.4. The largest absolute Gasteiger partial charge is 0.493 e. The average Bonchev–Trinajstić information content (AvgIpc) is 2.60. The number of carbonyl (C=O) groups is 2. The molecule has 24 heavy (non-hydrogen) atoms. The van der Waals surface area contributed by atoms with E-state index in [1.165, 1.54) is 7.11 Å². The van der Waals surface area contributed by atoms with Gasteiger partial charge in [-0.1, -0.05) is 6.42 Å². The Labute approximate surface area is 140 Å². The summed E-state index contributed by atoms with van der Waals surface area (Å²) in [6.45, 7) is 0.885. The van der Waals surface area contributed by atoms with Gasteiger partial charge in [0.2, 0.25) is 11.7 Å². The third-order valence-electron chi connectivity index (χ3n) is 4.50. The van der Waals surface area contributed by atoms with Crippen LogP contribution >= 0.6 is 0 Å². The molecule has 0 bridgehead atoms. The monoisotopic (exact) mass is 334 g/mol. The van der Waals surface area contributed by atoms with Crippen molar-refractivity contribution in [1.29, 1.82) is 0 Å². The van der Waals surface area contributed by atoms with Gasteiger partial charge in [0.25, 0.3) is 5.91 Å². The van der Waals surface area contributed by atoms with Crippen LogP contribution in [0.2, 0.25) is 0 Å². The number of amides is 2. The second kappa shape index (κ2) is 6.98. The summed E-state index contributed by atoms with van der Waals surface area (Å²) in [5, 5.41) is 2.98. The van der Waals surface area contributed by atoms with Gasteiger partial charge in [-0.25, -0.2) is 0 Å². The smallest absolute Gasteiger partial charge is 0.251 e. The van der Waals surface area contributed by atoms with Crippen LogP contribution in [-0.2, 0) is 4.79 Å². The summed E-state index contributed by atoms with van der Waals surface area (Å²) in [4.78, 5) is 23.9. The number of methoxy groups -OCH3 is 1. The zero-order chi connectivity index (χ0) is 17.1. The fourth-order valence-electron chi connectivity index (χ4n) is 3.25. The van der Waals surface area contributed by atoms with Crippen molar-refractivity contribution in [3.05, 3.63) is 17.7 Å². The van der Waals surface area contributed by atoms with Gasteiger partial charge in [0.15, 0.2) is 11.5 Å². The molecule has 1 saturated carbocycles. The molecule has 2 unspecified atom stereocenters. The lowest BCUT2D eigenvalue weighted by Crippen LogP contribution is -2.41. The Balaban J connectivity index is 1.74. The number of nitrogens with two attached hydrogens (primary N) is 1. The molecular weight excluding hydrogens is 312 g/mol. The standard InChI is InChI=1S/C17H22N2O5/c1-22-13-8-11(9-14-15(13)24-6-5-23-14)17(21)19-12-4-2-3-10(7-12)16(18)20/h8-10,12H,2-7H2,1H3,(H2,18,20)(H,19,21). The quantitative estimate of drug-likeness (QED) is 0.863. The zero-order valence-electron chi connectivity index (χ0n) is 13.7. The fourth-order valence-corrected chi connectivity index (χ4v) is 3.25. The van der Waals surface area contributed by atoms with Gasteiger partial charge in [-0.05, 0) is 31.4 Å². The van der Waals surface area contributed by atoms with Crippen LogP contribution in [0.1, 0.15) is 36.0 Å². The number of nitrogens with one attached hydrogen (secondary N) is 1. The topological polar surface area (TPSA) is 99.9 Å². The molecule has 0 saturated heterocycles. The van der Waals surface area contributed by atoms with Crippen LogP contribution in [0.4, 0.5) is 0 Å². The Bertz CT molecular complexity index is 629. The Hall–Kier alpha value is -2.44. The number of rotatable bonds is 4. The van der Waals surface area contributed by atoms with E-state index in [9.17, 15) is 9.59 Å². The van der Waals surface area contributed by atoms with Crippen molar-refractivity contribution < 1.29 is 23.8 Å². The highest BCUT2D eigenvalue weighted by Crippen LogP contribution is 2.40. The van der Waals surface area contributed by atoms with Crippen molar-refractivity contribution >= 4 is 11.8 Å². The van der Waals surface area contributed by atoms with Gasteiger partial charge in [-0.2, -0.15) is 0 Å². The molecule has 1 aliphatic heterocycles. The van der Waals surface area contributed by atoms with Crippen LogP contribution in [0.5, 0.6) is 17.2 Å². The minimum absolute atomic E-state index is 0.0528. The minimum Gasteiger partial charge on any atom is -0.493 e. The van der Waals surface area contributed by atoms with Gasteiger partial charge < -0.3 is 25.3 Å². The van der Waals surface area contributed by atoms with E-state index in [0.717, 1.165) is 19.3 Å². The van der Waals surface area contributed by atoms with Gasteiger partial charge in [-0.3, -0.25) is 9.59 Å². The molecule has 7 heteroatoms. The number of fused-ring (bicyclic) bond motifs is 1. The molecule has 1 heterocycles. The van der Waals surface area contributed by atoms with E-state index < -0.39 is 0 Å². The lowest BCUT2D eigenvalue weighted by molar-refractivity contribution is -0.122. The number of benzene rings is 1. The third-order valence-corrected chi connectivity index (χ3v) is 4.50. The van der Waals surface area contributed by atoms with Crippen LogP contribution in [0.3, 0.4) is 0 Å². The molecule has 7 nitrogen and oxygen atoms in total. The van der Waals surface area contributed by atoms with Gasteiger partial charge in [0, 0.05) is 17.5 Å². The highest BCUT2D eigenvalue weighted by atomic mass is 16.6. The zero-order valence-corrected chi connectivity index (χ0v) is 13.7. The fraction of sp³-hybridized carbons (Fsp3) is 0.529. The normalized spacial score (nSPS) is 22.5. The molecule has 1 aromatic carbocycles. The summed E-state index contributed by atoms with van der Waals surface area (Å²) >= 11 is 0. The molecule has 0 spiro atoms. The molecule has 2 atom stereocenters. The molecule has 1 fully saturated rings. The first-order valence-electron chi connectivity index (χ1n) is 8.16. The first-order valence-corrected chi connectivity index (χ1v) is 8.16. The van der Waals surface area contributed by atoms with Crippen LogP contribution in [0.15, 0.2) is 12.1 Å². The predicted octanol–water partition coefficient (Wildman–Crippen LogP) is 1.24. The number of hydrogen-bond acceptors (Lipinski definition) is 5. The highest BCUT2D eigenvalue weighted by Gasteiger charge is 2.28. The van der Waals surface area contributed by atoms with Crippen molar-refractivity contribution in [2.75, 3.05) is 20.3 Å². The second-order valence-corrected chi connectivity index (χ2v) is 6.14. The van der Waals surface area contributed by atoms with Crippen molar-refractivity contribution in [1.82, 2.24) is 5.32 Å². The molecule has 1 aliphatic carbocycles. The number of primary amides is 1. The molecule has 0 aromatic heterocycles. The van der Waals surface area contributed by atoms with Crippen LogP contribution < -0.4 is 25.3 Å². The van der Waals surface area contributed by atoms with Crippen molar-refractivity contribution in [3.8, 4) is 17.2 Å². The minimum atomic E-state index is -0.296. The Morgan fingerprint density at radius 1 is 1.25 bits per heavy atom. The van der Waals surface area contributed by atoms with E-state index in [1.54, 1.807) is 12.1 Å². The summed E-state index contributed by atoms with van der Waals surface area (Å²) in [6, 6.07) is 3.24. The predicted molar refractivity (Wildman–Crippen MR) is 86.4 cm³/mol. The summed E-state index contributed by atoms with van der Waals surface area (Å²) in [5.74, 6) is 0.807. The van der Waals surface area contributed by atoms with E-state index in [1.807, 2.05) is 0 Å². The van der Waals surface area contributed by atoms with E-state index in [4.69, 9.17) is 19.9 Å². The highest BCUT2D eigenvalue weighted by molar-refractivity contribution is 5.96. The van der Waals surface area contributed by atoms with Crippen molar-refractivity contribution in [3.63, 3.8) is 0 Å². The van der Waals surface area contributed by atoms with E-state index in [0.29, 0.717) is 42.4 Å². The second-order valence-electron chi connectivity index (χ2n) is 6.14. The average molecular weight is 334 g/mol. The summed E-state index contributed by atoms with van der Waals surface area (Å²) in [6.07, 6.45) is 3.10. The SMILES string of the molecule is COc1cc(C(=O)NC2CCCC(C(N)=O)C2)cc2c1OCCO2. The molecule has 3 rings (SSSR count). The maximum Gasteiger partial charge on any atom is 0.251 e. The van der Waals surface area contributed by atoms with Crippen molar-refractivity contribution in [2.45, 2.75) is 31.7 Å². The summed E-state index contributed by atoms with van der Waals surface area (Å²) in [7, 11) is 1.52. The van der Waals surface area contributed by atoms with Gasteiger partial charge >= 0.3 is 0 Å². The van der Waals surface area contributed by atoms with E-state index >= 15 is 0 Å². The Morgan fingerprint density at radius 2 is 2.04 bits per heavy atom. The molecule has 0 radical (unpaired) electrons. The van der Waals surface area contributed by atoms with Gasteiger partial charge in [0.05, 0.1) is 7.11 Å². The third kappa shape index (κ3) is 3.39. The van der Waals surface area contributed by atoms with Gasteiger partial charge in [-0.15, -0.1) is 0 Å². The van der Waals surface area contributed by atoms with Crippen LogP contribution in [0, 0.1) is 5.92 Å². The molecule has 2 amide bonds. The molecule has 130 valence electrons. The molecular formula is C17H22N2O5. The van der Waals surface area contributed by atoms with E-state index in [-0.39, 0.29) is 23.8 Å². The van der Waals surface area contributed by atoms with Gasteiger partial charge in [0.1, 0.15) is 13.2 Å². The maximum atomic E-state index is 12.6. The van der Waals surface area contributed by atoms with Crippen molar-refractivity contribution in [2.24, 2.45) is 11.7 Å². The summed E-state index contributed by atoms with van der Waals surface area (Å²) < 4.78 is 16.4. The Morgan fingerprint density at radius 3 is 2.79 bits per heavy atom. The number of hydrogen-bond donors (Lipinski definition) is 2.